The fourth-order valence-corrected chi connectivity index (χ4v) is 4.06. The van der Waals surface area contributed by atoms with E-state index in [0.29, 0.717) is 38.0 Å². The minimum atomic E-state index is -0.904. The van der Waals surface area contributed by atoms with Gasteiger partial charge in [-0.25, -0.2) is 4.39 Å². The molecule has 0 saturated carbocycles. The van der Waals surface area contributed by atoms with Crippen LogP contribution >= 0.6 is 35.2 Å². The van der Waals surface area contributed by atoms with Crippen molar-refractivity contribution in [3.05, 3.63) is 37.4 Å². The molecule has 9 heteroatoms. The van der Waals surface area contributed by atoms with Gasteiger partial charge in [-0.2, -0.15) is 0 Å². The summed E-state index contributed by atoms with van der Waals surface area (Å²) in [5.41, 5.74) is 1.21. The molecule has 0 spiro atoms. The number of benzene rings is 1. The standard InChI is InChI=1S/C16H12ClFN2O3S2/c17-9-3-4-10(18)14-13(9)8(7-19-14)6-11-15(23)20(16(24)25-11)5-1-2-12(21)22/h3-4,6-7,23H,1-2,5H2,(H,21,22)/b8-6+. The molecule has 0 aliphatic carbocycles. The van der Waals surface area contributed by atoms with E-state index >= 15 is 0 Å². The number of aliphatic imine (C=N–C) groups is 1. The fourth-order valence-electron chi connectivity index (χ4n) is 2.49. The van der Waals surface area contributed by atoms with Crippen LogP contribution in [0.25, 0.3) is 11.6 Å². The molecule has 0 amide bonds. The Morgan fingerprint density at radius 3 is 2.96 bits per heavy atom. The molecule has 5 nitrogen and oxygen atoms in total. The summed E-state index contributed by atoms with van der Waals surface area (Å²) >= 11 is 12.6. The van der Waals surface area contributed by atoms with Crippen LogP contribution < -0.4 is 0 Å². The maximum Gasteiger partial charge on any atom is 0.303 e. The lowest BCUT2D eigenvalue weighted by molar-refractivity contribution is -0.137. The molecule has 1 aliphatic rings. The second kappa shape index (κ2) is 7.07. The van der Waals surface area contributed by atoms with Crippen LogP contribution in [0.1, 0.15) is 23.3 Å². The van der Waals surface area contributed by atoms with Gasteiger partial charge in [0.25, 0.3) is 0 Å². The fraction of sp³-hybridized carbons (Fsp3) is 0.188. The third-order valence-corrected chi connectivity index (χ3v) is 5.35. The molecule has 0 saturated heterocycles. The maximum absolute atomic E-state index is 13.8. The summed E-state index contributed by atoms with van der Waals surface area (Å²) in [6.45, 7) is 0.302. The summed E-state index contributed by atoms with van der Waals surface area (Å²) in [6.07, 6.45) is 3.47. The van der Waals surface area contributed by atoms with E-state index in [1.165, 1.54) is 34.3 Å². The molecular formula is C16H12ClFN2O3S2. The maximum atomic E-state index is 13.8. The molecule has 0 fully saturated rings. The summed E-state index contributed by atoms with van der Waals surface area (Å²) in [5.74, 6) is -1.43. The van der Waals surface area contributed by atoms with Crippen molar-refractivity contribution in [2.45, 2.75) is 19.4 Å². The second-order valence-corrected chi connectivity index (χ2v) is 7.40. The van der Waals surface area contributed by atoms with E-state index in [-0.39, 0.29) is 18.0 Å². The zero-order valence-electron chi connectivity index (χ0n) is 12.7. The number of thiazole rings is 1. The molecule has 3 rings (SSSR count). The van der Waals surface area contributed by atoms with E-state index in [1.807, 2.05) is 0 Å². The normalized spacial score (nSPS) is 14.2. The number of hydrogen-bond acceptors (Lipinski definition) is 5. The van der Waals surface area contributed by atoms with Crippen LogP contribution in [0.3, 0.4) is 0 Å². The van der Waals surface area contributed by atoms with Gasteiger partial charge in [-0.05, 0) is 36.8 Å². The van der Waals surface area contributed by atoms with Crippen molar-refractivity contribution in [3.63, 3.8) is 0 Å². The van der Waals surface area contributed by atoms with Gasteiger partial charge in [-0.15, -0.1) is 11.3 Å². The van der Waals surface area contributed by atoms with Gasteiger partial charge in [0, 0.05) is 30.3 Å². The van der Waals surface area contributed by atoms with Crippen molar-refractivity contribution in [1.29, 1.82) is 0 Å². The number of halogens is 2. The van der Waals surface area contributed by atoms with Crippen molar-refractivity contribution in [1.82, 2.24) is 4.57 Å². The number of carboxylic acids is 1. The number of aliphatic carboxylic acids is 1. The number of hydrogen-bond donors (Lipinski definition) is 2. The number of carboxylic acid groups (broad SMARTS) is 1. The lowest BCUT2D eigenvalue weighted by Crippen LogP contribution is -2.01. The van der Waals surface area contributed by atoms with E-state index in [2.05, 4.69) is 4.99 Å². The van der Waals surface area contributed by atoms with Crippen molar-refractivity contribution in [2.75, 3.05) is 0 Å². The molecule has 25 heavy (non-hydrogen) atoms. The summed E-state index contributed by atoms with van der Waals surface area (Å²) in [6, 6.07) is 2.71. The highest BCUT2D eigenvalue weighted by atomic mass is 35.5. The van der Waals surface area contributed by atoms with Gasteiger partial charge in [0.1, 0.15) is 11.5 Å². The summed E-state index contributed by atoms with van der Waals surface area (Å²) in [7, 11) is 0. The number of allylic oxidation sites excluding steroid dienone is 1. The minimum Gasteiger partial charge on any atom is -0.493 e. The SMILES string of the molecule is O=C(O)CCCn1c(O)c(/C=C2\C=Nc3c(F)ccc(Cl)c32)sc1=S. The van der Waals surface area contributed by atoms with Gasteiger partial charge in [0.2, 0.25) is 5.88 Å². The number of carbonyl (C=O) groups is 1. The van der Waals surface area contributed by atoms with Crippen LogP contribution in [-0.2, 0) is 11.3 Å². The molecule has 2 aromatic rings. The highest BCUT2D eigenvalue weighted by Gasteiger charge is 2.21. The molecule has 0 radical (unpaired) electrons. The number of rotatable bonds is 5. The lowest BCUT2D eigenvalue weighted by atomic mass is 10.1. The Morgan fingerprint density at radius 1 is 1.48 bits per heavy atom. The molecule has 130 valence electrons. The average molecular weight is 399 g/mol. The Labute approximate surface area is 156 Å². The first-order valence-corrected chi connectivity index (χ1v) is 8.87. The van der Waals surface area contributed by atoms with Crippen LogP contribution in [0.4, 0.5) is 10.1 Å². The third kappa shape index (κ3) is 3.51. The third-order valence-electron chi connectivity index (χ3n) is 3.65. The summed E-state index contributed by atoms with van der Waals surface area (Å²) in [4.78, 5) is 15.1. The van der Waals surface area contributed by atoms with Crippen LogP contribution in [0.5, 0.6) is 5.88 Å². The van der Waals surface area contributed by atoms with Gasteiger partial charge in [-0.3, -0.25) is 14.4 Å². The Balaban J connectivity index is 1.95. The van der Waals surface area contributed by atoms with Crippen LogP contribution in [0.15, 0.2) is 17.1 Å². The largest absolute Gasteiger partial charge is 0.493 e. The Hall–Kier alpha value is -2.03. The zero-order chi connectivity index (χ0) is 18.1. The summed E-state index contributed by atoms with van der Waals surface area (Å²) < 4.78 is 15.7. The smallest absolute Gasteiger partial charge is 0.303 e. The number of aromatic hydroxyl groups is 1. The van der Waals surface area contributed by atoms with Crippen LogP contribution in [0, 0.1) is 9.77 Å². The predicted molar refractivity (Wildman–Crippen MR) is 99.1 cm³/mol. The van der Waals surface area contributed by atoms with E-state index in [1.54, 1.807) is 6.08 Å². The Bertz CT molecular complexity index is 978. The predicted octanol–water partition coefficient (Wildman–Crippen LogP) is 4.90. The molecule has 0 bridgehead atoms. The monoisotopic (exact) mass is 398 g/mol. The highest BCUT2D eigenvalue weighted by Crippen LogP contribution is 2.41. The van der Waals surface area contributed by atoms with E-state index in [0.717, 1.165) is 0 Å². The first-order chi connectivity index (χ1) is 11.9. The molecule has 2 N–H and O–H groups in total. The van der Waals surface area contributed by atoms with Crippen molar-refractivity contribution < 1.29 is 19.4 Å². The molecular weight excluding hydrogens is 387 g/mol. The van der Waals surface area contributed by atoms with Crippen molar-refractivity contribution in [2.24, 2.45) is 4.99 Å². The number of fused-ring (bicyclic) bond motifs is 1. The Morgan fingerprint density at radius 2 is 2.24 bits per heavy atom. The van der Waals surface area contributed by atoms with Gasteiger partial charge in [0.15, 0.2) is 3.95 Å². The van der Waals surface area contributed by atoms with Gasteiger partial charge in [-0.1, -0.05) is 11.6 Å². The number of aromatic nitrogens is 1. The molecule has 0 unspecified atom stereocenters. The van der Waals surface area contributed by atoms with Gasteiger partial charge >= 0.3 is 5.97 Å². The van der Waals surface area contributed by atoms with Gasteiger partial charge in [0.05, 0.1) is 9.90 Å². The second-order valence-electron chi connectivity index (χ2n) is 5.32. The topological polar surface area (TPSA) is 74.8 Å². The Kier molecular flexibility index (Phi) is 5.03. The van der Waals surface area contributed by atoms with Crippen molar-refractivity contribution in [3.8, 4) is 5.88 Å². The first-order valence-electron chi connectivity index (χ1n) is 7.27. The first kappa shape index (κ1) is 17.8. The zero-order valence-corrected chi connectivity index (χ0v) is 15.1. The highest BCUT2D eigenvalue weighted by molar-refractivity contribution is 7.73. The van der Waals surface area contributed by atoms with Crippen LogP contribution in [-0.4, -0.2) is 27.0 Å². The minimum absolute atomic E-state index is 0.0115. The molecule has 0 atom stereocenters. The average Bonchev–Trinajstić information content (AvgIpc) is 3.08. The molecule has 2 heterocycles. The lowest BCUT2D eigenvalue weighted by Gasteiger charge is -2.04. The van der Waals surface area contributed by atoms with Gasteiger partial charge < -0.3 is 10.2 Å². The van der Waals surface area contributed by atoms with E-state index in [9.17, 15) is 14.3 Å². The van der Waals surface area contributed by atoms with Crippen molar-refractivity contribution >= 4 is 64.7 Å². The molecule has 1 aromatic heterocycles. The number of nitrogens with zero attached hydrogens (tertiary/aromatic N) is 2. The van der Waals surface area contributed by atoms with Crippen LogP contribution in [0.2, 0.25) is 5.02 Å². The quantitative estimate of drug-likeness (QED) is 0.702. The summed E-state index contributed by atoms with van der Waals surface area (Å²) in [5, 5.41) is 19.4. The van der Waals surface area contributed by atoms with E-state index in [4.69, 9.17) is 28.9 Å². The molecule has 1 aliphatic heterocycles. The van der Waals surface area contributed by atoms with E-state index < -0.39 is 11.8 Å². The molecule has 1 aromatic carbocycles.